The molecule has 1 saturated heterocycles. The van der Waals surface area contributed by atoms with Gasteiger partial charge in [0, 0.05) is 19.5 Å². The maximum atomic E-state index is 11.4. The standard InChI is InChI=1S/C10H18NO/c1-8(2)6-11-7-9(3)4-5-10(11)12/h9H,4-7H2,1-3H3. The van der Waals surface area contributed by atoms with E-state index in [4.69, 9.17) is 0 Å². The number of piperidine rings is 1. The van der Waals surface area contributed by atoms with Crippen LogP contribution in [0.1, 0.15) is 33.6 Å². The summed E-state index contributed by atoms with van der Waals surface area (Å²) in [4.78, 5) is 13.4. The van der Waals surface area contributed by atoms with Crippen LogP contribution in [0.4, 0.5) is 0 Å². The van der Waals surface area contributed by atoms with E-state index in [1.807, 2.05) is 4.90 Å². The van der Waals surface area contributed by atoms with Crippen molar-refractivity contribution in [2.75, 3.05) is 13.1 Å². The second-order valence-electron chi connectivity index (χ2n) is 4.13. The van der Waals surface area contributed by atoms with Gasteiger partial charge in [-0.15, -0.1) is 0 Å². The van der Waals surface area contributed by atoms with Gasteiger partial charge in [0.2, 0.25) is 5.91 Å². The lowest BCUT2D eigenvalue weighted by molar-refractivity contribution is -0.134. The molecule has 1 atom stereocenters. The zero-order chi connectivity index (χ0) is 9.14. The van der Waals surface area contributed by atoms with Crippen molar-refractivity contribution in [2.24, 2.45) is 5.92 Å². The molecule has 0 aromatic carbocycles. The van der Waals surface area contributed by atoms with Crippen LogP contribution in [0.3, 0.4) is 0 Å². The van der Waals surface area contributed by atoms with Gasteiger partial charge in [0.1, 0.15) is 0 Å². The summed E-state index contributed by atoms with van der Waals surface area (Å²) in [6.45, 7) is 8.16. The SMILES string of the molecule is C[C](C)CN1CC(C)CCC1=O. The summed E-state index contributed by atoms with van der Waals surface area (Å²) in [6.07, 6.45) is 1.81. The molecule has 0 aliphatic carbocycles. The zero-order valence-corrected chi connectivity index (χ0v) is 8.26. The van der Waals surface area contributed by atoms with E-state index in [0.717, 1.165) is 25.9 Å². The fraction of sp³-hybridized carbons (Fsp3) is 0.800. The second kappa shape index (κ2) is 3.92. The smallest absolute Gasteiger partial charge is 0.222 e. The molecule has 1 heterocycles. The number of hydrogen-bond donors (Lipinski definition) is 0. The van der Waals surface area contributed by atoms with E-state index in [1.165, 1.54) is 5.92 Å². The van der Waals surface area contributed by atoms with Crippen LogP contribution in [-0.4, -0.2) is 23.9 Å². The molecule has 0 saturated carbocycles. The molecule has 0 bridgehead atoms. The lowest BCUT2D eigenvalue weighted by Crippen LogP contribution is -2.40. The van der Waals surface area contributed by atoms with Crippen LogP contribution in [0, 0.1) is 11.8 Å². The van der Waals surface area contributed by atoms with E-state index in [0.29, 0.717) is 11.8 Å². The monoisotopic (exact) mass is 168 g/mol. The Morgan fingerprint density at radius 1 is 1.58 bits per heavy atom. The topological polar surface area (TPSA) is 20.3 Å². The molecule has 1 rings (SSSR count). The average molecular weight is 168 g/mol. The molecular weight excluding hydrogens is 150 g/mol. The Bertz CT molecular complexity index is 163. The fourth-order valence-corrected chi connectivity index (χ4v) is 1.63. The predicted molar refractivity (Wildman–Crippen MR) is 49.6 cm³/mol. The first-order valence-corrected chi connectivity index (χ1v) is 4.66. The quantitative estimate of drug-likeness (QED) is 0.616. The first kappa shape index (κ1) is 9.56. The molecule has 2 nitrogen and oxygen atoms in total. The molecule has 0 aromatic heterocycles. The summed E-state index contributed by atoms with van der Waals surface area (Å²) in [7, 11) is 0. The van der Waals surface area contributed by atoms with Gasteiger partial charge in [-0.2, -0.15) is 0 Å². The van der Waals surface area contributed by atoms with Gasteiger partial charge < -0.3 is 4.90 Å². The van der Waals surface area contributed by atoms with Crippen LogP contribution >= 0.6 is 0 Å². The predicted octanol–water partition coefficient (Wildman–Crippen LogP) is 1.86. The number of amides is 1. The molecule has 1 unspecified atom stereocenters. The Morgan fingerprint density at radius 2 is 2.25 bits per heavy atom. The number of likely N-dealkylation sites (tertiary alicyclic amines) is 1. The molecule has 0 aromatic rings. The van der Waals surface area contributed by atoms with E-state index in [-0.39, 0.29) is 0 Å². The van der Waals surface area contributed by atoms with Crippen LogP contribution in [-0.2, 0) is 4.79 Å². The van der Waals surface area contributed by atoms with Crippen molar-refractivity contribution < 1.29 is 4.79 Å². The summed E-state index contributed by atoms with van der Waals surface area (Å²) in [5, 5.41) is 0. The van der Waals surface area contributed by atoms with E-state index in [2.05, 4.69) is 20.8 Å². The summed E-state index contributed by atoms with van der Waals surface area (Å²) < 4.78 is 0. The van der Waals surface area contributed by atoms with Crippen LogP contribution < -0.4 is 0 Å². The molecule has 12 heavy (non-hydrogen) atoms. The normalized spacial score (nSPS) is 25.2. The second-order valence-corrected chi connectivity index (χ2v) is 4.13. The highest BCUT2D eigenvalue weighted by molar-refractivity contribution is 5.77. The van der Waals surface area contributed by atoms with Crippen molar-refractivity contribution in [2.45, 2.75) is 33.6 Å². The van der Waals surface area contributed by atoms with Crippen molar-refractivity contribution in [3.8, 4) is 0 Å². The average Bonchev–Trinajstić information content (AvgIpc) is 1.96. The van der Waals surface area contributed by atoms with Gasteiger partial charge in [0.05, 0.1) is 0 Å². The minimum atomic E-state index is 0.328. The summed E-state index contributed by atoms with van der Waals surface area (Å²) in [5.41, 5.74) is 0. The maximum Gasteiger partial charge on any atom is 0.222 e. The highest BCUT2D eigenvalue weighted by Crippen LogP contribution is 2.17. The van der Waals surface area contributed by atoms with Crippen LogP contribution in [0.15, 0.2) is 0 Å². The molecule has 1 amide bonds. The Morgan fingerprint density at radius 3 is 2.83 bits per heavy atom. The van der Waals surface area contributed by atoms with Crippen molar-refractivity contribution in [3.63, 3.8) is 0 Å². The van der Waals surface area contributed by atoms with Gasteiger partial charge in [0.15, 0.2) is 0 Å². The molecule has 2 heteroatoms. The summed E-state index contributed by atoms with van der Waals surface area (Å²) >= 11 is 0. The lowest BCUT2D eigenvalue weighted by atomic mass is 9.99. The van der Waals surface area contributed by atoms with E-state index in [9.17, 15) is 4.79 Å². The first-order valence-electron chi connectivity index (χ1n) is 4.66. The molecule has 0 spiro atoms. The first-order chi connectivity index (χ1) is 5.59. The van der Waals surface area contributed by atoms with Gasteiger partial charge in [-0.3, -0.25) is 4.79 Å². The molecular formula is C10H18NO. The number of carbonyl (C=O) groups is 1. The highest BCUT2D eigenvalue weighted by atomic mass is 16.2. The van der Waals surface area contributed by atoms with Crippen LogP contribution in [0.2, 0.25) is 0 Å². The third kappa shape index (κ3) is 2.50. The minimum Gasteiger partial charge on any atom is -0.342 e. The summed E-state index contributed by atoms with van der Waals surface area (Å²) in [6, 6.07) is 0. The number of rotatable bonds is 2. The van der Waals surface area contributed by atoms with Crippen molar-refractivity contribution in [3.05, 3.63) is 5.92 Å². The summed E-state index contributed by atoms with van der Waals surface area (Å²) in [5.74, 6) is 2.33. The van der Waals surface area contributed by atoms with Crippen LogP contribution in [0.5, 0.6) is 0 Å². The van der Waals surface area contributed by atoms with Gasteiger partial charge in [-0.05, 0) is 18.3 Å². The van der Waals surface area contributed by atoms with Crippen molar-refractivity contribution in [1.82, 2.24) is 4.90 Å². The van der Waals surface area contributed by atoms with E-state index in [1.54, 1.807) is 0 Å². The molecule has 69 valence electrons. The fourth-order valence-electron chi connectivity index (χ4n) is 1.63. The van der Waals surface area contributed by atoms with Gasteiger partial charge in [0.25, 0.3) is 0 Å². The Labute approximate surface area is 74.9 Å². The lowest BCUT2D eigenvalue weighted by Gasteiger charge is -2.31. The zero-order valence-electron chi connectivity index (χ0n) is 8.26. The van der Waals surface area contributed by atoms with Gasteiger partial charge in [-0.1, -0.05) is 20.8 Å². The third-order valence-corrected chi connectivity index (χ3v) is 2.24. The molecule has 1 aliphatic heterocycles. The van der Waals surface area contributed by atoms with Crippen molar-refractivity contribution >= 4 is 5.91 Å². The van der Waals surface area contributed by atoms with Gasteiger partial charge in [-0.25, -0.2) is 0 Å². The highest BCUT2D eigenvalue weighted by Gasteiger charge is 2.22. The number of hydrogen-bond acceptors (Lipinski definition) is 1. The Balaban J connectivity index is 2.43. The molecule has 1 aliphatic rings. The van der Waals surface area contributed by atoms with Crippen molar-refractivity contribution in [1.29, 1.82) is 0 Å². The molecule has 0 N–H and O–H groups in total. The minimum absolute atomic E-state index is 0.328. The molecule has 1 fully saturated rings. The largest absolute Gasteiger partial charge is 0.342 e. The van der Waals surface area contributed by atoms with E-state index >= 15 is 0 Å². The number of nitrogens with zero attached hydrogens (tertiary/aromatic N) is 1. The van der Waals surface area contributed by atoms with E-state index < -0.39 is 0 Å². The van der Waals surface area contributed by atoms with Gasteiger partial charge >= 0.3 is 0 Å². The third-order valence-electron chi connectivity index (χ3n) is 2.24. The Hall–Kier alpha value is -0.530. The molecule has 1 radical (unpaired) electrons. The van der Waals surface area contributed by atoms with Crippen LogP contribution in [0.25, 0.3) is 0 Å². The maximum absolute atomic E-state index is 11.4. The Kier molecular flexibility index (Phi) is 3.12. The number of carbonyl (C=O) groups excluding carboxylic acids is 1.